The molecule has 0 saturated carbocycles. The maximum absolute atomic E-state index is 10.4. The molecule has 0 saturated heterocycles. The summed E-state index contributed by atoms with van der Waals surface area (Å²) in [6.45, 7) is 2.34. The van der Waals surface area contributed by atoms with E-state index >= 15 is 0 Å². The fourth-order valence-electron chi connectivity index (χ4n) is 1.45. The van der Waals surface area contributed by atoms with Crippen molar-refractivity contribution in [2.45, 2.75) is 19.9 Å². The van der Waals surface area contributed by atoms with Crippen molar-refractivity contribution in [2.75, 3.05) is 0 Å². The second kappa shape index (κ2) is 3.68. The summed E-state index contributed by atoms with van der Waals surface area (Å²) < 4.78 is 1.61. The van der Waals surface area contributed by atoms with Crippen LogP contribution < -0.4 is 0 Å². The molecule has 0 radical (unpaired) electrons. The molecular weight excluding hydrogens is 194 g/mol. The third-order valence-corrected chi connectivity index (χ3v) is 2.21. The van der Waals surface area contributed by atoms with Crippen molar-refractivity contribution in [1.29, 1.82) is 0 Å². The minimum Gasteiger partial charge on any atom is -0.481 e. The highest BCUT2D eigenvalue weighted by molar-refractivity contribution is 5.75. The number of nitrogens with zero attached hydrogens (tertiary/aromatic N) is 3. The molecule has 1 heterocycles. The van der Waals surface area contributed by atoms with Crippen LogP contribution in [-0.4, -0.2) is 26.1 Å². The Bertz CT molecular complexity index is 504. The second-order valence-corrected chi connectivity index (χ2v) is 3.45. The molecule has 0 fully saturated rings. The third-order valence-electron chi connectivity index (χ3n) is 2.21. The van der Waals surface area contributed by atoms with Gasteiger partial charge in [0, 0.05) is 0 Å². The standard InChI is InChI=1S/C10H11N3O2/c1-7-2-3-9-8(6-7)11-12-13(9)5-4-10(14)15/h2-3,6H,4-5H2,1H3,(H,14,15). The Morgan fingerprint density at radius 2 is 2.33 bits per heavy atom. The van der Waals surface area contributed by atoms with Gasteiger partial charge in [-0.05, 0) is 24.6 Å². The molecule has 5 nitrogen and oxygen atoms in total. The van der Waals surface area contributed by atoms with E-state index < -0.39 is 5.97 Å². The first-order valence-electron chi connectivity index (χ1n) is 4.68. The first-order valence-corrected chi connectivity index (χ1v) is 4.68. The molecule has 5 heteroatoms. The molecule has 0 aliphatic heterocycles. The van der Waals surface area contributed by atoms with E-state index in [9.17, 15) is 4.79 Å². The number of fused-ring (bicyclic) bond motifs is 1. The van der Waals surface area contributed by atoms with Gasteiger partial charge in [0.25, 0.3) is 0 Å². The van der Waals surface area contributed by atoms with E-state index in [1.165, 1.54) is 0 Å². The summed E-state index contributed by atoms with van der Waals surface area (Å²) in [6, 6.07) is 5.80. The summed E-state index contributed by atoms with van der Waals surface area (Å²) in [5.41, 5.74) is 2.80. The van der Waals surface area contributed by atoms with Crippen molar-refractivity contribution in [2.24, 2.45) is 0 Å². The summed E-state index contributed by atoms with van der Waals surface area (Å²) in [5, 5.41) is 16.5. The van der Waals surface area contributed by atoms with E-state index in [2.05, 4.69) is 10.3 Å². The zero-order chi connectivity index (χ0) is 10.8. The maximum atomic E-state index is 10.4. The number of carboxylic acid groups (broad SMARTS) is 1. The predicted molar refractivity (Wildman–Crippen MR) is 54.5 cm³/mol. The average molecular weight is 205 g/mol. The van der Waals surface area contributed by atoms with Crippen LogP contribution >= 0.6 is 0 Å². The van der Waals surface area contributed by atoms with Crippen molar-refractivity contribution >= 4 is 17.0 Å². The van der Waals surface area contributed by atoms with Gasteiger partial charge in [-0.1, -0.05) is 11.3 Å². The van der Waals surface area contributed by atoms with Crippen LogP contribution in [0.15, 0.2) is 18.2 Å². The highest BCUT2D eigenvalue weighted by Gasteiger charge is 2.05. The molecule has 0 amide bonds. The van der Waals surface area contributed by atoms with Crippen LogP contribution in [-0.2, 0) is 11.3 Å². The summed E-state index contributed by atoms with van der Waals surface area (Å²) in [6.07, 6.45) is 0.0618. The Morgan fingerprint density at radius 1 is 1.53 bits per heavy atom. The lowest BCUT2D eigenvalue weighted by molar-refractivity contribution is -0.137. The van der Waals surface area contributed by atoms with Crippen LogP contribution in [0.25, 0.3) is 11.0 Å². The number of aromatic nitrogens is 3. The van der Waals surface area contributed by atoms with Gasteiger partial charge in [0.2, 0.25) is 0 Å². The molecule has 2 aromatic rings. The quantitative estimate of drug-likeness (QED) is 0.817. The first-order chi connectivity index (χ1) is 7.16. The van der Waals surface area contributed by atoms with Crippen molar-refractivity contribution in [3.8, 4) is 0 Å². The molecule has 1 aromatic heterocycles. The lowest BCUT2D eigenvalue weighted by atomic mass is 10.2. The Kier molecular flexibility index (Phi) is 2.37. The number of benzene rings is 1. The van der Waals surface area contributed by atoms with Crippen molar-refractivity contribution in [3.63, 3.8) is 0 Å². The highest BCUT2D eigenvalue weighted by Crippen LogP contribution is 2.12. The summed E-state index contributed by atoms with van der Waals surface area (Å²) in [4.78, 5) is 10.4. The first kappa shape index (κ1) is 9.64. The number of aliphatic carboxylic acids is 1. The average Bonchev–Trinajstić information content (AvgIpc) is 2.57. The monoisotopic (exact) mass is 205 g/mol. The van der Waals surface area contributed by atoms with E-state index in [1.807, 2.05) is 25.1 Å². The Labute approximate surface area is 86.3 Å². The van der Waals surface area contributed by atoms with Crippen LogP contribution in [0.5, 0.6) is 0 Å². The zero-order valence-corrected chi connectivity index (χ0v) is 8.34. The molecule has 0 aliphatic carbocycles. The number of carboxylic acids is 1. The van der Waals surface area contributed by atoms with Crippen molar-refractivity contribution in [3.05, 3.63) is 23.8 Å². The molecular formula is C10H11N3O2. The number of hydrogen-bond acceptors (Lipinski definition) is 3. The van der Waals surface area contributed by atoms with E-state index in [0.29, 0.717) is 6.54 Å². The molecule has 0 bridgehead atoms. The minimum atomic E-state index is -0.828. The molecule has 0 atom stereocenters. The molecule has 2 rings (SSSR count). The van der Waals surface area contributed by atoms with Gasteiger partial charge in [-0.2, -0.15) is 0 Å². The van der Waals surface area contributed by atoms with Gasteiger partial charge >= 0.3 is 5.97 Å². The van der Waals surface area contributed by atoms with Crippen LogP contribution in [0.1, 0.15) is 12.0 Å². The van der Waals surface area contributed by atoms with Gasteiger partial charge in [-0.15, -0.1) is 5.10 Å². The molecule has 78 valence electrons. The molecule has 1 N–H and O–H groups in total. The number of rotatable bonds is 3. The van der Waals surface area contributed by atoms with E-state index in [-0.39, 0.29) is 6.42 Å². The molecule has 0 unspecified atom stereocenters. The largest absolute Gasteiger partial charge is 0.481 e. The predicted octanol–water partition coefficient (Wildman–Crippen LogP) is 1.21. The van der Waals surface area contributed by atoms with Crippen LogP contribution in [0.2, 0.25) is 0 Å². The van der Waals surface area contributed by atoms with Crippen LogP contribution in [0.3, 0.4) is 0 Å². The molecule has 0 spiro atoms. The minimum absolute atomic E-state index is 0.0618. The van der Waals surface area contributed by atoms with E-state index in [4.69, 9.17) is 5.11 Å². The van der Waals surface area contributed by atoms with Gasteiger partial charge in [0.05, 0.1) is 18.5 Å². The summed E-state index contributed by atoms with van der Waals surface area (Å²) in [5.74, 6) is -0.828. The summed E-state index contributed by atoms with van der Waals surface area (Å²) in [7, 11) is 0. The molecule has 0 aliphatic rings. The highest BCUT2D eigenvalue weighted by atomic mass is 16.4. The van der Waals surface area contributed by atoms with Gasteiger partial charge in [-0.3, -0.25) is 4.79 Å². The smallest absolute Gasteiger partial charge is 0.305 e. The molecule has 1 aromatic carbocycles. The van der Waals surface area contributed by atoms with E-state index in [0.717, 1.165) is 16.6 Å². The van der Waals surface area contributed by atoms with Crippen LogP contribution in [0, 0.1) is 6.92 Å². The molecule has 15 heavy (non-hydrogen) atoms. The van der Waals surface area contributed by atoms with Gasteiger partial charge < -0.3 is 5.11 Å². The normalized spacial score (nSPS) is 10.7. The van der Waals surface area contributed by atoms with Gasteiger partial charge in [0.1, 0.15) is 5.52 Å². The number of hydrogen-bond donors (Lipinski definition) is 1. The zero-order valence-electron chi connectivity index (χ0n) is 8.34. The van der Waals surface area contributed by atoms with Crippen molar-refractivity contribution in [1.82, 2.24) is 15.0 Å². The third kappa shape index (κ3) is 1.96. The fraction of sp³-hybridized carbons (Fsp3) is 0.300. The summed E-state index contributed by atoms with van der Waals surface area (Å²) >= 11 is 0. The number of carbonyl (C=O) groups is 1. The Hall–Kier alpha value is -1.91. The van der Waals surface area contributed by atoms with E-state index in [1.54, 1.807) is 4.68 Å². The lowest BCUT2D eigenvalue weighted by Crippen LogP contribution is -2.05. The maximum Gasteiger partial charge on any atom is 0.305 e. The lowest BCUT2D eigenvalue weighted by Gasteiger charge is -1.98. The van der Waals surface area contributed by atoms with Gasteiger partial charge in [-0.25, -0.2) is 4.68 Å². The topological polar surface area (TPSA) is 68.0 Å². The van der Waals surface area contributed by atoms with Crippen LogP contribution in [0.4, 0.5) is 0 Å². The Balaban J connectivity index is 2.32. The number of aryl methyl sites for hydroxylation is 2. The van der Waals surface area contributed by atoms with Crippen molar-refractivity contribution < 1.29 is 9.90 Å². The fourth-order valence-corrected chi connectivity index (χ4v) is 1.45. The van der Waals surface area contributed by atoms with Gasteiger partial charge in [0.15, 0.2) is 0 Å². The SMILES string of the molecule is Cc1ccc2c(c1)nnn2CCC(=O)O. The second-order valence-electron chi connectivity index (χ2n) is 3.45. The Morgan fingerprint density at radius 3 is 3.07 bits per heavy atom.